The van der Waals surface area contributed by atoms with E-state index in [0.29, 0.717) is 0 Å². The van der Waals surface area contributed by atoms with Gasteiger partial charge in [-0.05, 0) is 36.7 Å². The quantitative estimate of drug-likeness (QED) is 0.373. The number of rotatable bonds is 4. The van der Waals surface area contributed by atoms with Gasteiger partial charge in [0.25, 0.3) is 5.69 Å². The summed E-state index contributed by atoms with van der Waals surface area (Å²) in [4.78, 5) is 19.0. The van der Waals surface area contributed by atoms with Crippen LogP contribution in [-0.4, -0.2) is 9.85 Å². The molecule has 0 radical (unpaired) electrons. The zero-order valence-corrected chi connectivity index (χ0v) is 11.8. The van der Waals surface area contributed by atoms with Gasteiger partial charge in [-0.2, -0.15) is 0 Å². The molecule has 0 spiro atoms. The number of hydrogen-bond acceptors (Lipinski definition) is 4. The molecule has 2 aromatic carbocycles. The van der Waals surface area contributed by atoms with Gasteiger partial charge in [0.05, 0.1) is 9.85 Å². The Morgan fingerprint density at radius 1 is 1.00 bits per heavy atom. The number of halogens is 1. The molecule has 0 amide bonds. The van der Waals surface area contributed by atoms with Crippen LogP contribution in [0.1, 0.15) is 16.7 Å². The number of para-hydroxylation sites is 1. The molecule has 1 unspecified atom stereocenters. The van der Waals surface area contributed by atoms with Crippen LogP contribution in [0.15, 0.2) is 48.5 Å². The first-order valence-corrected chi connectivity index (χ1v) is 6.39. The highest BCUT2D eigenvalue weighted by molar-refractivity contribution is 6.25. The van der Waals surface area contributed by atoms with E-state index in [1.165, 1.54) is 36.4 Å². The van der Waals surface area contributed by atoms with Crippen LogP contribution >= 0.6 is 11.6 Å². The molecule has 0 N–H and O–H groups in total. The molecule has 6 nitrogen and oxygen atoms in total. The Morgan fingerprint density at radius 3 is 2.10 bits per heavy atom. The van der Waals surface area contributed by atoms with Crippen LogP contribution in [0.25, 0.3) is 0 Å². The van der Waals surface area contributed by atoms with Crippen molar-refractivity contribution in [1.29, 1.82) is 0 Å². The Kier molecular flexibility index (Phi) is 3.90. The summed E-state index contributed by atoms with van der Waals surface area (Å²) in [6.07, 6.45) is 0. The van der Waals surface area contributed by atoms with E-state index in [2.05, 4.69) is 0 Å². The first-order chi connectivity index (χ1) is 9.87. The maximum Gasteiger partial charge on any atom is 0.352 e. The van der Waals surface area contributed by atoms with Gasteiger partial charge in [0, 0.05) is 11.6 Å². The topological polar surface area (TPSA) is 86.3 Å². The summed E-state index contributed by atoms with van der Waals surface area (Å²) in [5.74, 6) is 0. The molecule has 108 valence electrons. The van der Waals surface area contributed by atoms with Gasteiger partial charge in [0.15, 0.2) is 0 Å². The Balaban J connectivity index is 2.72. The predicted molar refractivity (Wildman–Crippen MR) is 77.9 cm³/mol. The molecule has 0 aromatic heterocycles. The van der Waals surface area contributed by atoms with E-state index in [1.54, 1.807) is 12.1 Å². The minimum atomic E-state index is -2.20. The summed E-state index contributed by atoms with van der Waals surface area (Å²) in [6.45, 7) is 1.83. The van der Waals surface area contributed by atoms with E-state index in [-0.39, 0.29) is 16.8 Å². The number of benzene rings is 2. The van der Waals surface area contributed by atoms with Crippen molar-refractivity contribution in [2.75, 3.05) is 0 Å². The van der Waals surface area contributed by atoms with E-state index in [0.717, 1.165) is 5.56 Å². The summed E-state index contributed by atoms with van der Waals surface area (Å²) in [7, 11) is 0. The maximum absolute atomic E-state index is 11.5. The predicted octanol–water partition coefficient (Wildman–Crippen LogP) is 3.62. The zero-order chi connectivity index (χ0) is 15.6. The number of nitro benzene ring substituents is 1. The van der Waals surface area contributed by atoms with Gasteiger partial charge in [-0.1, -0.05) is 29.8 Å². The molecule has 0 aliphatic heterocycles. The van der Waals surface area contributed by atoms with Crippen LogP contribution < -0.4 is 0 Å². The van der Waals surface area contributed by atoms with Crippen molar-refractivity contribution in [3.8, 4) is 0 Å². The highest BCUT2D eigenvalue weighted by Crippen LogP contribution is 2.41. The molecule has 0 aliphatic carbocycles. The van der Waals surface area contributed by atoms with Gasteiger partial charge in [0.2, 0.25) is 0 Å². The van der Waals surface area contributed by atoms with Crippen LogP contribution in [-0.2, 0) is 5.00 Å². The maximum atomic E-state index is 11.5. The SMILES string of the molecule is Cc1ccc(C(Cl)(c2ccccc2[N+](=O)[O-])[N+](=O)[O-])cc1. The molecule has 0 heterocycles. The van der Waals surface area contributed by atoms with Crippen molar-refractivity contribution >= 4 is 17.3 Å². The Morgan fingerprint density at radius 2 is 1.57 bits per heavy atom. The smallest absolute Gasteiger partial charge is 0.262 e. The van der Waals surface area contributed by atoms with Gasteiger partial charge in [-0.15, -0.1) is 0 Å². The van der Waals surface area contributed by atoms with Crippen molar-refractivity contribution in [3.63, 3.8) is 0 Å². The molecule has 0 saturated heterocycles. The Bertz CT molecular complexity index is 702. The van der Waals surface area contributed by atoms with Crippen molar-refractivity contribution in [2.24, 2.45) is 0 Å². The van der Waals surface area contributed by atoms with Crippen molar-refractivity contribution < 1.29 is 9.85 Å². The van der Waals surface area contributed by atoms with Crippen LogP contribution in [0.5, 0.6) is 0 Å². The first-order valence-electron chi connectivity index (χ1n) is 6.02. The molecule has 0 saturated carbocycles. The lowest BCUT2D eigenvalue weighted by Crippen LogP contribution is -2.31. The summed E-state index contributed by atoms with van der Waals surface area (Å²) in [6, 6.07) is 11.8. The number of nitro groups is 2. The molecule has 0 aliphatic rings. The summed E-state index contributed by atoms with van der Waals surface area (Å²) >= 11 is 6.22. The van der Waals surface area contributed by atoms with E-state index in [9.17, 15) is 20.2 Å². The third-order valence-electron chi connectivity index (χ3n) is 3.14. The van der Waals surface area contributed by atoms with Crippen molar-refractivity contribution in [1.82, 2.24) is 0 Å². The van der Waals surface area contributed by atoms with Gasteiger partial charge in [-0.3, -0.25) is 20.2 Å². The fraction of sp³-hybridized carbons (Fsp3) is 0.143. The second-order valence-electron chi connectivity index (χ2n) is 4.52. The van der Waals surface area contributed by atoms with E-state index < -0.39 is 14.8 Å². The summed E-state index contributed by atoms with van der Waals surface area (Å²) < 4.78 is 0. The summed E-state index contributed by atoms with van der Waals surface area (Å²) in [5.41, 5.74) is 0.535. The van der Waals surface area contributed by atoms with E-state index >= 15 is 0 Å². The molecule has 0 bridgehead atoms. The van der Waals surface area contributed by atoms with Crippen molar-refractivity contribution in [3.05, 3.63) is 85.4 Å². The molecular formula is C14H11ClN2O4. The standard InChI is InChI=1S/C14H11ClN2O4/c1-10-6-8-11(9-7-10)14(15,17(20)21)12-4-2-3-5-13(12)16(18)19/h2-9H,1H3. The minimum Gasteiger partial charge on any atom is -0.262 e. The molecule has 2 rings (SSSR count). The molecular weight excluding hydrogens is 296 g/mol. The average Bonchev–Trinajstić information content (AvgIpc) is 2.47. The second kappa shape index (κ2) is 5.49. The first kappa shape index (κ1) is 14.9. The third-order valence-corrected chi connectivity index (χ3v) is 3.70. The Labute approximate surface area is 125 Å². The normalized spacial score (nSPS) is 13.4. The van der Waals surface area contributed by atoms with Gasteiger partial charge in [0.1, 0.15) is 5.56 Å². The van der Waals surface area contributed by atoms with E-state index in [4.69, 9.17) is 11.6 Å². The summed E-state index contributed by atoms with van der Waals surface area (Å²) in [5, 5.41) is 22.6. The highest BCUT2D eigenvalue weighted by atomic mass is 35.5. The number of alkyl halides is 1. The number of nitrogens with zero attached hydrogens (tertiary/aromatic N) is 2. The van der Waals surface area contributed by atoms with Crippen LogP contribution in [0.3, 0.4) is 0 Å². The lowest BCUT2D eigenvalue weighted by Gasteiger charge is -2.19. The van der Waals surface area contributed by atoms with Gasteiger partial charge < -0.3 is 0 Å². The molecule has 21 heavy (non-hydrogen) atoms. The van der Waals surface area contributed by atoms with Gasteiger partial charge >= 0.3 is 5.00 Å². The fourth-order valence-electron chi connectivity index (χ4n) is 2.05. The molecule has 7 heteroatoms. The number of hydrogen-bond donors (Lipinski definition) is 0. The zero-order valence-electron chi connectivity index (χ0n) is 11.0. The molecule has 2 aromatic rings. The lowest BCUT2D eigenvalue weighted by molar-refractivity contribution is -0.539. The highest BCUT2D eigenvalue weighted by Gasteiger charge is 2.49. The van der Waals surface area contributed by atoms with Crippen LogP contribution in [0.2, 0.25) is 0 Å². The monoisotopic (exact) mass is 306 g/mol. The lowest BCUT2D eigenvalue weighted by atomic mass is 9.96. The Hall–Kier alpha value is -2.47. The van der Waals surface area contributed by atoms with Gasteiger partial charge in [-0.25, -0.2) is 0 Å². The number of aryl methyl sites for hydroxylation is 1. The second-order valence-corrected chi connectivity index (χ2v) is 5.07. The molecule has 0 fully saturated rings. The van der Waals surface area contributed by atoms with Crippen LogP contribution in [0.4, 0.5) is 5.69 Å². The minimum absolute atomic E-state index is 0.162. The van der Waals surface area contributed by atoms with E-state index in [1.807, 2.05) is 6.92 Å². The third kappa shape index (κ3) is 2.57. The molecule has 1 atom stereocenters. The van der Waals surface area contributed by atoms with Crippen LogP contribution in [0, 0.1) is 27.2 Å². The fourth-order valence-corrected chi connectivity index (χ4v) is 2.33. The van der Waals surface area contributed by atoms with Crippen molar-refractivity contribution in [2.45, 2.75) is 11.9 Å². The largest absolute Gasteiger partial charge is 0.352 e. The average molecular weight is 307 g/mol.